The summed E-state index contributed by atoms with van der Waals surface area (Å²) >= 11 is 0. The van der Waals surface area contributed by atoms with Crippen LogP contribution in [-0.4, -0.2) is 145 Å². The highest BCUT2D eigenvalue weighted by molar-refractivity contribution is 5.88. The first kappa shape index (κ1) is 38.6. The number of phenolic OH excluding ortho intramolecular Hbond substituents is 2. The quantitative estimate of drug-likeness (QED) is 0.116. The molecule has 14 atom stereocenters. The highest BCUT2D eigenvalue weighted by Gasteiger charge is 2.51. The number of fused-ring (bicyclic) bond motifs is 1. The van der Waals surface area contributed by atoms with Crippen molar-refractivity contribution in [1.82, 2.24) is 0 Å². The lowest BCUT2D eigenvalue weighted by Gasteiger charge is -2.45. The number of benzene rings is 2. The number of aliphatic hydroxyl groups excluding tert-OH is 7. The molecule has 6 rings (SSSR count). The van der Waals surface area contributed by atoms with Crippen LogP contribution in [0.5, 0.6) is 23.0 Å². The maximum atomic E-state index is 14.2. The van der Waals surface area contributed by atoms with Crippen molar-refractivity contribution in [2.45, 2.75) is 107 Å². The molecule has 0 saturated carbocycles. The second-order valence-electron chi connectivity index (χ2n) is 13.0. The molecule has 3 fully saturated rings. The molecule has 0 amide bonds. The first-order valence-corrected chi connectivity index (χ1v) is 16.5. The van der Waals surface area contributed by atoms with Crippen LogP contribution in [0.3, 0.4) is 0 Å². The summed E-state index contributed by atoms with van der Waals surface area (Å²) < 4.78 is 45.5. The van der Waals surface area contributed by atoms with Gasteiger partial charge in [0.1, 0.15) is 77.0 Å². The molecule has 3 aliphatic rings. The summed E-state index contributed by atoms with van der Waals surface area (Å²) in [5.41, 5.74) is -1.08. The van der Waals surface area contributed by atoms with Crippen LogP contribution in [0.4, 0.5) is 0 Å². The minimum absolute atomic E-state index is 0.138. The van der Waals surface area contributed by atoms with Gasteiger partial charge in [-0.15, -0.1) is 0 Å². The molecule has 3 aromatic rings. The van der Waals surface area contributed by atoms with E-state index in [1.54, 1.807) is 0 Å². The summed E-state index contributed by atoms with van der Waals surface area (Å²) in [6, 6.07) is 7.50. The third kappa shape index (κ3) is 7.64. The average Bonchev–Trinajstić information content (AvgIpc) is 3.10. The number of ether oxygens (including phenoxy) is 7. The fraction of sp³-hybridized carbons (Fsp3) is 0.529. The van der Waals surface area contributed by atoms with Crippen molar-refractivity contribution in [1.29, 1.82) is 0 Å². The van der Waals surface area contributed by atoms with E-state index in [-0.39, 0.29) is 28.4 Å². The first-order valence-electron chi connectivity index (χ1n) is 16.5. The maximum Gasteiger partial charge on any atom is 0.303 e. The Labute approximate surface area is 299 Å². The lowest BCUT2D eigenvalue weighted by molar-refractivity contribution is -0.336. The van der Waals surface area contributed by atoms with Crippen LogP contribution in [0, 0.1) is 0 Å². The van der Waals surface area contributed by atoms with Gasteiger partial charge in [-0.05, 0) is 38.1 Å². The highest BCUT2D eigenvalue weighted by Crippen LogP contribution is 2.39. The third-order valence-corrected chi connectivity index (χ3v) is 9.13. The summed E-state index contributed by atoms with van der Waals surface area (Å²) in [5.74, 6) is -2.68. The number of hydrogen-bond acceptors (Lipinski definition) is 19. The molecule has 1 aromatic heterocycles. The molecule has 19 heteroatoms. The second-order valence-corrected chi connectivity index (χ2v) is 13.0. The van der Waals surface area contributed by atoms with E-state index in [0.29, 0.717) is 0 Å². The van der Waals surface area contributed by atoms with E-state index in [4.69, 9.17) is 37.6 Å². The molecule has 3 aliphatic heterocycles. The number of esters is 1. The van der Waals surface area contributed by atoms with Crippen molar-refractivity contribution in [2.24, 2.45) is 0 Å². The van der Waals surface area contributed by atoms with Crippen LogP contribution < -0.4 is 14.9 Å². The van der Waals surface area contributed by atoms with Crippen molar-refractivity contribution in [3.63, 3.8) is 0 Å². The number of aliphatic hydroxyl groups is 7. The number of phenols is 2. The SMILES string of the molecule is CC(=O)O[C@@H]1[C@@H](O[C@@H]2OC[C@H](O)[C@H](O)[C@@H]2O)[C@H](O)[C@@H](Oc2c(-c3ccc(O)cc3)oc3cc(O[C@@H]4O[C@H](C)[C@H](O)[C@H](O)[C@H]4O)cc(O)c3c2=O)O[C@H]1C. The van der Waals surface area contributed by atoms with Gasteiger partial charge in [-0.3, -0.25) is 9.59 Å². The highest BCUT2D eigenvalue weighted by atomic mass is 16.7. The summed E-state index contributed by atoms with van der Waals surface area (Å²) in [7, 11) is 0. The van der Waals surface area contributed by atoms with Gasteiger partial charge in [0.05, 0.1) is 18.8 Å². The van der Waals surface area contributed by atoms with Crippen molar-refractivity contribution < 1.29 is 88.3 Å². The van der Waals surface area contributed by atoms with Crippen molar-refractivity contribution in [3.8, 4) is 34.3 Å². The molecule has 3 saturated heterocycles. The van der Waals surface area contributed by atoms with Crippen LogP contribution in [0.25, 0.3) is 22.3 Å². The summed E-state index contributed by atoms with van der Waals surface area (Å²) in [4.78, 5) is 26.2. The number of rotatable bonds is 8. The molecule has 53 heavy (non-hydrogen) atoms. The Morgan fingerprint density at radius 1 is 0.755 bits per heavy atom. The van der Waals surface area contributed by atoms with Crippen LogP contribution >= 0.6 is 0 Å². The van der Waals surface area contributed by atoms with Crippen LogP contribution in [-0.2, 0) is 28.5 Å². The number of aromatic hydroxyl groups is 2. The van der Waals surface area contributed by atoms with Gasteiger partial charge >= 0.3 is 5.97 Å². The van der Waals surface area contributed by atoms with E-state index in [1.165, 1.54) is 44.2 Å². The van der Waals surface area contributed by atoms with E-state index in [0.717, 1.165) is 13.0 Å². The van der Waals surface area contributed by atoms with Crippen molar-refractivity contribution in [2.75, 3.05) is 6.61 Å². The largest absolute Gasteiger partial charge is 0.508 e. The molecule has 19 nitrogen and oxygen atoms in total. The van der Waals surface area contributed by atoms with Crippen LogP contribution in [0.15, 0.2) is 45.6 Å². The Morgan fingerprint density at radius 3 is 2.08 bits per heavy atom. The molecular weight excluding hydrogens is 712 g/mol. The molecule has 9 N–H and O–H groups in total. The molecule has 290 valence electrons. The van der Waals surface area contributed by atoms with Gasteiger partial charge in [-0.25, -0.2) is 0 Å². The molecular formula is C34H40O19. The molecule has 0 spiro atoms. The minimum atomic E-state index is -1.90. The van der Waals surface area contributed by atoms with Gasteiger partial charge < -0.3 is 83.5 Å². The smallest absolute Gasteiger partial charge is 0.303 e. The van der Waals surface area contributed by atoms with Crippen molar-refractivity contribution >= 4 is 16.9 Å². The number of carbonyl (C=O) groups excluding carboxylic acids is 1. The van der Waals surface area contributed by atoms with Gasteiger partial charge in [-0.1, -0.05) is 0 Å². The zero-order valence-electron chi connectivity index (χ0n) is 28.4. The van der Waals surface area contributed by atoms with Gasteiger partial charge in [0.25, 0.3) is 0 Å². The Balaban J connectivity index is 1.38. The van der Waals surface area contributed by atoms with E-state index < -0.39 is 121 Å². The Morgan fingerprint density at radius 2 is 1.40 bits per heavy atom. The minimum Gasteiger partial charge on any atom is -0.508 e. The monoisotopic (exact) mass is 752 g/mol. The maximum absolute atomic E-state index is 14.2. The summed E-state index contributed by atoms with van der Waals surface area (Å²) in [6.45, 7) is 3.53. The van der Waals surface area contributed by atoms with Gasteiger partial charge in [-0.2, -0.15) is 0 Å². The second kappa shape index (κ2) is 15.3. The molecule has 0 aliphatic carbocycles. The van der Waals surface area contributed by atoms with E-state index in [9.17, 15) is 55.5 Å². The first-order chi connectivity index (χ1) is 25.0. The fourth-order valence-electron chi connectivity index (χ4n) is 6.25. The lowest BCUT2D eigenvalue weighted by Crippen LogP contribution is -2.63. The predicted molar refractivity (Wildman–Crippen MR) is 173 cm³/mol. The van der Waals surface area contributed by atoms with E-state index in [1.807, 2.05) is 0 Å². The summed E-state index contributed by atoms with van der Waals surface area (Å²) in [6.07, 6.45) is -21.4. The van der Waals surface area contributed by atoms with Gasteiger partial charge in [0.2, 0.25) is 23.8 Å². The molecule has 2 aromatic carbocycles. The lowest BCUT2D eigenvalue weighted by atomic mass is 9.98. The standard InChI is InChI=1S/C34H40O19/c1-11-21(39)24(42)26(44)33(47-11)50-16-8-17(37)20-19(9-16)51-29(14-4-6-15(36)7-5-14)30(23(20)41)53-34-27(45)31(28(12(2)48-34)49-13(3)35)52-32-25(43)22(40)18(38)10-46-32/h4-9,11-12,18,21-22,24-28,31-34,36-40,42-45H,10H2,1-3H3/t11-,12+,18+,21+,22+,24+,25+,26-,27+,28+,31+,32+,33+,34-/m1/s1. The van der Waals surface area contributed by atoms with Gasteiger partial charge in [0.15, 0.2) is 18.2 Å². The van der Waals surface area contributed by atoms with Gasteiger partial charge in [0, 0.05) is 24.6 Å². The fourth-order valence-corrected chi connectivity index (χ4v) is 6.25. The Kier molecular flexibility index (Phi) is 11.2. The molecule has 0 unspecified atom stereocenters. The zero-order chi connectivity index (χ0) is 38.5. The van der Waals surface area contributed by atoms with Crippen molar-refractivity contribution in [3.05, 3.63) is 46.6 Å². The van der Waals surface area contributed by atoms with E-state index in [2.05, 4.69) is 0 Å². The van der Waals surface area contributed by atoms with Crippen LogP contribution in [0.2, 0.25) is 0 Å². The predicted octanol–water partition coefficient (Wildman–Crippen LogP) is -1.68. The third-order valence-electron chi connectivity index (χ3n) is 9.13. The zero-order valence-corrected chi connectivity index (χ0v) is 28.4. The summed E-state index contributed by atoms with van der Waals surface area (Å²) in [5, 5.41) is 93.3. The molecule has 0 bridgehead atoms. The number of carbonyl (C=O) groups is 1. The Hall–Kier alpha value is -4.12. The van der Waals surface area contributed by atoms with Crippen LogP contribution in [0.1, 0.15) is 20.8 Å². The number of hydrogen-bond donors (Lipinski definition) is 9. The molecule has 4 heterocycles. The topological polar surface area (TPSA) is 294 Å². The average molecular weight is 753 g/mol. The molecule has 0 radical (unpaired) electrons. The van der Waals surface area contributed by atoms with E-state index >= 15 is 0 Å². The normalized spacial score (nSPS) is 36.2. The Bertz CT molecular complexity index is 1830.